The Balaban J connectivity index is 2.43. The highest BCUT2D eigenvalue weighted by Crippen LogP contribution is 2.32. The maximum atomic E-state index is 12.0. The minimum Gasteiger partial charge on any atom is -0.508 e. The molecule has 2 rings (SSSR count). The van der Waals surface area contributed by atoms with Crippen LogP contribution in [0.15, 0.2) is 21.3 Å². The molecule has 1 heterocycles. The van der Waals surface area contributed by atoms with Crippen molar-refractivity contribution in [2.75, 3.05) is 0 Å². The number of hydrogen-bond donors (Lipinski definition) is 2. The van der Waals surface area contributed by atoms with Crippen LogP contribution in [0.2, 0.25) is 0 Å². The molecule has 1 aromatic heterocycles. The van der Waals surface area contributed by atoms with Gasteiger partial charge in [0, 0.05) is 17.7 Å². The smallest absolute Gasteiger partial charge is 0.339 e. The average molecular weight is 276 g/mol. The number of rotatable bonds is 5. The molecule has 0 amide bonds. The number of aryl methyl sites for hydroxylation is 1. The van der Waals surface area contributed by atoms with E-state index in [1.54, 1.807) is 0 Å². The van der Waals surface area contributed by atoms with Crippen molar-refractivity contribution in [1.29, 1.82) is 0 Å². The number of aromatic hydroxyl groups is 2. The first kappa shape index (κ1) is 14.4. The zero-order valence-electron chi connectivity index (χ0n) is 11.9. The van der Waals surface area contributed by atoms with Crippen molar-refractivity contribution in [1.82, 2.24) is 0 Å². The molecule has 20 heavy (non-hydrogen) atoms. The minimum absolute atomic E-state index is 0.0592. The summed E-state index contributed by atoms with van der Waals surface area (Å²) >= 11 is 0. The van der Waals surface area contributed by atoms with Crippen LogP contribution in [-0.4, -0.2) is 10.2 Å². The zero-order chi connectivity index (χ0) is 14.7. The summed E-state index contributed by atoms with van der Waals surface area (Å²) in [5, 5.41) is 19.9. The zero-order valence-corrected chi connectivity index (χ0v) is 11.9. The van der Waals surface area contributed by atoms with Crippen molar-refractivity contribution >= 4 is 11.0 Å². The molecule has 0 saturated carbocycles. The molecule has 0 fully saturated rings. The second-order valence-corrected chi connectivity index (χ2v) is 5.14. The molecule has 0 aliphatic rings. The molecule has 0 aliphatic heterocycles. The quantitative estimate of drug-likeness (QED) is 0.646. The summed E-state index contributed by atoms with van der Waals surface area (Å²) in [4.78, 5) is 12.0. The Morgan fingerprint density at radius 3 is 2.60 bits per heavy atom. The normalized spacial score (nSPS) is 11.1. The Kier molecular flexibility index (Phi) is 4.32. The van der Waals surface area contributed by atoms with Gasteiger partial charge in [0.05, 0.1) is 5.39 Å². The molecule has 0 bridgehead atoms. The van der Waals surface area contributed by atoms with E-state index in [1.807, 2.05) is 6.92 Å². The topological polar surface area (TPSA) is 70.7 Å². The van der Waals surface area contributed by atoms with Crippen molar-refractivity contribution < 1.29 is 14.6 Å². The molecule has 0 unspecified atom stereocenters. The maximum Gasteiger partial charge on any atom is 0.339 e. The van der Waals surface area contributed by atoms with Crippen LogP contribution in [0.1, 0.15) is 43.7 Å². The molecule has 4 heteroatoms. The Bertz CT molecular complexity index is 670. The fraction of sp³-hybridized carbons (Fsp3) is 0.438. The summed E-state index contributed by atoms with van der Waals surface area (Å²) in [6, 6.07) is 2.61. The molecular weight excluding hydrogens is 256 g/mol. The number of phenols is 2. The van der Waals surface area contributed by atoms with Crippen LogP contribution in [-0.2, 0) is 6.42 Å². The standard InChI is InChI=1S/C16H20O4/c1-3-4-5-6-7-12-10(2)15-13(18)8-11(17)9-14(15)20-16(12)19/h8-9,17-18H,3-7H2,1-2H3. The van der Waals surface area contributed by atoms with Gasteiger partial charge in [0.15, 0.2) is 0 Å². The lowest BCUT2D eigenvalue weighted by atomic mass is 10.00. The van der Waals surface area contributed by atoms with E-state index in [-0.39, 0.29) is 22.7 Å². The van der Waals surface area contributed by atoms with Crippen LogP contribution in [0.3, 0.4) is 0 Å². The van der Waals surface area contributed by atoms with E-state index in [9.17, 15) is 15.0 Å². The van der Waals surface area contributed by atoms with Gasteiger partial charge >= 0.3 is 5.63 Å². The van der Waals surface area contributed by atoms with Crippen LogP contribution in [0.4, 0.5) is 0 Å². The monoisotopic (exact) mass is 276 g/mol. The third-order valence-corrected chi connectivity index (χ3v) is 3.62. The van der Waals surface area contributed by atoms with Crippen LogP contribution >= 0.6 is 0 Å². The van der Waals surface area contributed by atoms with Gasteiger partial charge in [-0.15, -0.1) is 0 Å². The second kappa shape index (κ2) is 5.99. The highest BCUT2D eigenvalue weighted by atomic mass is 16.4. The molecule has 0 aliphatic carbocycles. The molecular formula is C16H20O4. The van der Waals surface area contributed by atoms with Crippen molar-refractivity contribution in [3.63, 3.8) is 0 Å². The van der Waals surface area contributed by atoms with Gasteiger partial charge in [0.2, 0.25) is 0 Å². The Hall–Kier alpha value is -1.97. The number of unbranched alkanes of at least 4 members (excludes halogenated alkanes) is 3. The first-order valence-electron chi connectivity index (χ1n) is 7.02. The largest absolute Gasteiger partial charge is 0.508 e. The van der Waals surface area contributed by atoms with Gasteiger partial charge in [-0.25, -0.2) is 4.79 Å². The summed E-state index contributed by atoms with van der Waals surface area (Å²) in [6.07, 6.45) is 4.96. The predicted molar refractivity (Wildman–Crippen MR) is 78.4 cm³/mol. The number of hydrogen-bond acceptors (Lipinski definition) is 4. The average Bonchev–Trinajstić information content (AvgIpc) is 2.36. The molecule has 0 radical (unpaired) electrons. The number of fused-ring (bicyclic) bond motifs is 1. The Morgan fingerprint density at radius 2 is 1.90 bits per heavy atom. The Labute approximate surface area is 117 Å². The van der Waals surface area contributed by atoms with Crippen molar-refractivity contribution in [2.24, 2.45) is 0 Å². The minimum atomic E-state index is -0.378. The van der Waals surface area contributed by atoms with E-state index in [0.29, 0.717) is 17.4 Å². The van der Waals surface area contributed by atoms with Gasteiger partial charge in [0.25, 0.3) is 0 Å². The van der Waals surface area contributed by atoms with Crippen LogP contribution in [0.5, 0.6) is 11.5 Å². The highest BCUT2D eigenvalue weighted by molar-refractivity contribution is 5.88. The first-order chi connectivity index (χ1) is 9.54. The number of phenolic OH excluding ortho intramolecular Hbond substituents is 2. The molecule has 4 nitrogen and oxygen atoms in total. The second-order valence-electron chi connectivity index (χ2n) is 5.14. The summed E-state index contributed by atoms with van der Waals surface area (Å²) in [5.74, 6) is -0.177. The van der Waals surface area contributed by atoms with E-state index in [0.717, 1.165) is 31.2 Å². The van der Waals surface area contributed by atoms with Gasteiger partial charge in [-0.2, -0.15) is 0 Å². The van der Waals surface area contributed by atoms with Gasteiger partial charge in [-0.3, -0.25) is 0 Å². The summed E-state index contributed by atoms with van der Waals surface area (Å²) in [7, 11) is 0. The van der Waals surface area contributed by atoms with Gasteiger partial charge in [0.1, 0.15) is 17.1 Å². The van der Waals surface area contributed by atoms with Crippen molar-refractivity contribution in [3.8, 4) is 11.5 Å². The van der Waals surface area contributed by atoms with Gasteiger partial charge in [-0.05, 0) is 25.3 Å². The molecule has 2 N–H and O–H groups in total. The van der Waals surface area contributed by atoms with E-state index in [1.165, 1.54) is 12.1 Å². The van der Waals surface area contributed by atoms with Gasteiger partial charge < -0.3 is 14.6 Å². The molecule has 1 aromatic carbocycles. The molecule has 2 aromatic rings. The van der Waals surface area contributed by atoms with Crippen LogP contribution in [0.25, 0.3) is 11.0 Å². The molecule has 108 valence electrons. The third-order valence-electron chi connectivity index (χ3n) is 3.62. The SMILES string of the molecule is CCCCCCc1c(C)c2c(O)cc(O)cc2oc1=O. The van der Waals surface area contributed by atoms with Crippen molar-refractivity contribution in [3.05, 3.63) is 33.7 Å². The fourth-order valence-electron chi connectivity index (χ4n) is 2.53. The lowest BCUT2D eigenvalue weighted by Gasteiger charge is -2.09. The number of benzene rings is 1. The summed E-state index contributed by atoms with van der Waals surface area (Å²) < 4.78 is 5.22. The van der Waals surface area contributed by atoms with E-state index < -0.39 is 0 Å². The maximum absolute atomic E-state index is 12.0. The fourth-order valence-corrected chi connectivity index (χ4v) is 2.53. The van der Waals surface area contributed by atoms with E-state index in [4.69, 9.17) is 4.42 Å². The molecule has 0 saturated heterocycles. The van der Waals surface area contributed by atoms with E-state index in [2.05, 4.69) is 6.92 Å². The van der Waals surface area contributed by atoms with E-state index >= 15 is 0 Å². The van der Waals surface area contributed by atoms with Crippen LogP contribution < -0.4 is 5.63 Å². The van der Waals surface area contributed by atoms with Crippen LogP contribution in [0, 0.1) is 6.92 Å². The first-order valence-corrected chi connectivity index (χ1v) is 7.02. The summed E-state index contributed by atoms with van der Waals surface area (Å²) in [6.45, 7) is 3.95. The lowest BCUT2D eigenvalue weighted by Crippen LogP contribution is -2.10. The summed E-state index contributed by atoms with van der Waals surface area (Å²) in [5.41, 5.74) is 1.21. The molecule has 0 spiro atoms. The predicted octanol–water partition coefficient (Wildman–Crippen LogP) is 3.64. The Morgan fingerprint density at radius 1 is 1.15 bits per heavy atom. The highest BCUT2D eigenvalue weighted by Gasteiger charge is 2.14. The third kappa shape index (κ3) is 2.79. The molecule has 0 atom stereocenters. The van der Waals surface area contributed by atoms with Gasteiger partial charge in [-0.1, -0.05) is 26.2 Å². The van der Waals surface area contributed by atoms with Crippen molar-refractivity contribution in [2.45, 2.75) is 46.0 Å². The lowest BCUT2D eigenvalue weighted by molar-refractivity contribution is 0.450.